The quantitative estimate of drug-likeness (QED) is 0.459. The van der Waals surface area contributed by atoms with Crippen LogP contribution in [0, 0.1) is 11.6 Å². The highest BCUT2D eigenvalue weighted by Gasteiger charge is 2.01. The van der Waals surface area contributed by atoms with Crippen LogP contribution in [0.1, 0.15) is 11.1 Å². The molecule has 3 rings (SSSR count). The Morgan fingerprint density at radius 2 is 1.15 bits per heavy atom. The van der Waals surface area contributed by atoms with Crippen LogP contribution in [-0.4, -0.2) is 22.4 Å². The highest BCUT2D eigenvalue weighted by Crippen LogP contribution is 2.12. The Morgan fingerprint density at radius 1 is 0.741 bits per heavy atom. The molecule has 1 aromatic heterocycles. The third kappa shape index (κ3) is 5.56. The summed E-state index contributed by atoms with van der Waals surface area (Å²) in [4.78, 5) is 8.01. The van der Waals surface area contributed by atoms with Crippen molar-refractivity contribution in [3.63, 3.8) is 0 Å². The molecule has 0 unspecified atom stereocenters. The highest BCUT2D eigenvalue weighted by atomic mass is 19.1. The zero-order valence-electron chi connectivity index (χ0n) is 14.0. The summed E-state index contributed by atoms with van der Waals surface area (Å²) in [6.07, 6.45) is 3.02. The Hall–Kier alpha value is -3.88. The van der Waals surface area contributed by atoms with E-state index < -0.39 is 0 Å². The predicted octanol–water partition coefficient (Wildman–Crippen LogP) is 3.23. The second-order valence-electron chi connectivity index (χ2n) is 5.34. The van der Waals surface area contributed by atoms with Gasteiger partial charge in [-0.15, -0.1) is 0 Å². The molecular formula is C18H15F2N7. The Balaban J connectivity index is 1.63. The summed E-state index contributed by atoms with van der Waals surface area (Å²) < 4.78 is 25.7. The molecule has 0 aliphatic heterocycles. The van der Waals surface area contributed by atoms with E-state index in [1.165, 1.54) is 36.7 Å². The van der Waals surface area contributed by atoms with Gasteiger partial charge in [0, 0.05) is 6.07 Å². The minimum absolute atomic E-state index is 0.0245. The Bertz CT molecular complexity index is 879. The van der Waals surface area contributed by atoms with Gasteiger partial charge < -0.3 is 5.73 Å². The standard InChI is InChI=1S/C18H15F2N7/c19-14-5-1-12(2-6-14)10-22-26-16-9-17(25-18(21)24-16)27-23-11-13-3-7-15(20)8-4-13/h1-11H,(H4,21,24,25,26,27). The molecule has 0 saturated carbocycles. The molecule has 2 aromatic carbocycles. The summed E-state index contributed by atoms with van der Waals surface area (Å²) in [7, 11) is 0. The van der Waals surface area contributed by atoms with Gasteiger partial charge in [-0.05, 0) is 35.4 Å². The summed E-state index contributed by atoms with van der Waals surface area (Å²) in [5.41, 5.74) is 12.5. The van der Waals surface area contributed by atoms with Crippen molar-refractivity contribution < 1.29 is 8.78 Å². The maximum atomic E-state index is 12.9. The minimum Gasteiger partial charge on any atom is -0.368 e. The van der Waals surface area contributed by atoms with Crippen LogP contribution < -0.4 is 16.6 Å². The Kier molecular flexibility index (Phi) is 5.63. The van der Waals surface area contributed by atoms with E-state index in [0.29, 0.717) is 22.8 Å². The molecule has 3 aromatic rings. The number of nitrogen functional groups attached to an aromatic ring is 1. The second kappa shape index (κ2) is 8.48. The first-order valence-electron chi connectivity index (χ1n) is 7.82. The first-order chi connectivity index (χ1) is 13.1. The lowest BCUT2D eigenvalue weighted by atomic mass is 10.2. The van der Waals surface area contributed by atoms with Crippen LogP contribution in [0.2, 0.25) is 0 Å². The van der Waals surface area contributed by atoms with Crippen LogP contribution in [0.15, 0.2) is 64.8 Å². The van der Waals surface area contributed by atoms with Crippen molar-refractivity contribution in [2.24, 2.45) is 10.2 Å². The molecule has 9 heteroatoms. The van der Waals surface area contributed by atoms with E-state index in [0.717, 1.165) is 0 Å². The van der Waals surface area contributed by atoms with E-state index in [2.05, 4.69) is 31.0 Å². The number of nitrogens with one attached hydrogen (secondary N) is 2. The average molecular weight is 367 g/mol. The molecule has 0 radical (unpaired) electrons. The van der Waals surface area contributed by atoms with Gasteiger partial charge >= 0.3 is 0 Å². The number of benzene rings is 2. The van der Waals surface area contributed by atoms with Gasteiger partial charge in [0.05, 0.1) is 12.4 Å². The topological polar surface area (TPSA) is 101 Å². The molecule has 0 fully saturated rings. The molecule has 0 atom stereocenters. The van der Waals surface area contributed by atoms with Crippen LogP contribution in [-0.2, 0) is 0 Å². The maximum absolute atomic E-state index is 12.9. The van der Waals surface area contributed by atoms with Gasteiger partial charge in [0.15, 0.2) is 11.6 Å². The number of halogens is 2. The summed E-state index contributed by atoms with van der Waals surface area (Å²) in [5, 5.41) is 8.03. The Morgan fingerprint density at radius 3 is 1.56 bits per heavy atom. The largest absolute Gasteiger partial charge is 0.368 e. The maximum Gasteiger partial charge on any atom is 0.224 e. The Labute approximate surface area is 153 Å². The molecule has 0 aliphatic carbocycles. The number of nitrogens with two attached hydrogens (primary N) is 1. The van der Waals surface area contributed by atoms with Gasteiger partial charge in [-0.1, -0.05) is 24.3 Å². The van der Waals surface area contributed by atoms with E-state index in [9.17, 15) is 8.78 Å². The molecule has 27 heavy (non-hydrogen) atoms. The average Bonchev–Trinajstić information content (AvgIpc) is 2.65. The molecule has 0 spiro atoms. The predicted molar refractivity (Wildman–Crippen MR) is 102 cm³/mol. The molecule has 7 nitrogen and oxygen atoms in total. The van der Waals surface area contributed by atoms with E-state index >= 15 is 0 Å². The van der Waals surface area contributed by atoms with Crippen molar-refractivity contribution in [2.75, 3.05) is 16.6 Å². The molecule has 0 bridgehead atoms. The number of anilines is 3. The minimum atomic E-state index is -0.319. The SMILES string of the molecule is Nc1nc(NN=Cc2ccc(F)cc2)cc(NN=Cc2ccc(F)cc2)n1. The van der Waals surface area contributed by atoms with Crippen LogP contribution in [0.4, 0.5) is 26.4 Å². The van der Waals surface area contributed by atoms with Gasteiger partial charge in [0.2, 0.25) is 5.95 Å². The van der Waals surface area contributed by atoms with E-state index in [-0.39, 0.29) is 17.6 Å². The summed E-state index contributed by atoms with van der Waals surface area (Å²) in [6.45, 7) is 0. The first-order valence-corrected chi connectivity index (χ1v) is 7.82. The summed E-state index contributed by atoms with van der Waals surface area (Å²) in [5.74, 6) is 0.0818. The third-order valence-corrected chi connectivity index (χ3v) is 3.27. The summed E-state index contributed by atoms with van der Waals surface area (Å²) in [6, 6.07) is 13.3. The van der Waals surface area contributed by atoms with Crippen molar-refractivity contribution in [3.8, 4) is 0 Å². The lowest BCUT2D eigenvalue weighted by Crippen LogP contribution is -2.03. The van der Waals surface area contributed by atoms with E-state index in [1.54, 1.807) is 30.3 Å². The normalized spacial score (nSPS) is 11.2. The van der Waals surface area contributed by atoms with E-state index in [4.69, 9.17) is 5.73 Å². The van der Waals surface area contributed by atoms with Crippen LogP contribution >= 0.6 is 0 Å². The van der Waals surface area contributed by atoms with Crippen molar-refractivity contribution in [3.05, 3.63) is 77.4 Å². The number of rotatable bonds is 6. The molecule has 0 amide bonds. The zero-order valence-corrected chi connectivity index (χ0v) is 14.0. The lowest BCUT2D eigenvalue weighted by Gasteiger charge is -2.04. The van der Waals surface area contributed by atoms with Gasteiger partial charge in [-0.2, -0.15) is 20.2 Å². The van der Waals surface area contributed by atoms with Crippen molar-refractivity contribution in [1.82, 2.24) is 9.97 Å². The van der Waals surface area contributed by atoms with Gasteiger partial charge in [0.1, 0.15) is 11.6 Å². The van der Waals surface area contributed by atoms with Crippen LogP contribution in [0.25, 0.3) is 0 Å². The molecule has 136 valence electrons. The third-order valence-electron chi connectivity index (χ3n) is 3.27. The molecule has 0 saturated heterocycles. The number of hydrogen-bond donors (Lipinski definition) is 3. The molecular weight excluding hydrogens is 352 g/mol. The van der Waals surface area contributed by atoms with Crippen LogP contribution in [0.3, 0.4) is 0 Å². The fourth-order valence-corrected chi connectivity index (χ4v) is 2.02. The molecule has 1 heterocycles. The number of hydrazone groups is 2. The number of nitrogens with zero attached hydrogens (tertiary/aromatic N) is 4. The molecule has 4 N–H and O–H groups in total. The summed E-state index contributed by atoms with van der Waals surface area (Å²) >= 11 is 0. The fourth-order valence-electron chi connectivity index (χ4n) is 2.02. The van der Waals surface area contributed by atoms with Crippen molar-refractivity contribution >= 4 is 30.0 Å². The lowest BCUT2D eigenvalue weighted by molar-refractivity contribution is 0.627. The highest BCUT2D eigenvalue weighted by molar-refractivity contribution is 5.80. The zero-order chi connectivity index (χ0) is 19.1. The van der Waals surface area contributed by atoms with E-state index in [1.807, 2.05) is 0 Å². The smallest absolute Gasteiger partial charge is 0.224 e. The second-order valence-corrected chi connectivity index (χ2v) is 5.34. The van der Waals surface area contributed by atoms with Gasteiger partial charge in [-0.3, -0.25) is 10.9 Å². The fraction of sp³-hybridized carbons (Fsp3) is 0. The van der Waals surface area contributed by atoms with Gasteiger partial charge in [-0.25, -0.2) is 8.78 Å². The van der Waals surface area contributed by atoms with Gasteiger partial charge in [0.25, 0.3) is 0 Å². The van der Waals surface area contributed by atoms with Crippen molar-refractivity contribution in [1.29, 1.82) is 0 Å². The molecule has 0 aliphatic rings. The first kappa shape index (κ1) is 17.9. The number of aromatic nitrogens is 2. The monoisotopic (exact) mass is 367 g/mol. The van der Waals surface area contributed by atoms with Crippen molar-refractivity contribution in [2.45, 2.75) is 0 Å². The van der Waals surface area contributed by atoms with Crippen LogP contribution in [0.5, 0.6) is 0 Å². The number of hydrogen-bond acceptors (Lipinski definition) is 7.